The van der Waals surface area contributed by atoms with E-state index in [1.807, 2.05) is 0 Å². The normalized spacial score (nSPS) is 12.2. The monoisotopic (exact) mass is 572 g/mol. The van der Waals surface area contributed by atoms with Gasteiger partial charge in [-0.1, -0.05) is 12.2 Å². The molecule has 0 amide bonds. The third-order valence-electron chi connectivity index (χ3n) is 3.58. The molecule has 0 bridgehead atoms. The lowest BCUT2D eigenvalue weighted by atomic mass is 10.1. The van der Waals surface area contributed by atoms with E-state index in [4.69, 9.17) is 10.7 Å². The van der Waals surface area contributed by atoms with Gasteiger partial charge in [-0.2, -0.15) is 0 Å². The van der Waals surface area contributed by atoms with E-state index in [0.29, 0.717) is 0 Å². The second-order valence-corrected chi connectivity index (χ2v) is 13.5. The van der Waals surface area contributed by atoms with Crippen molar-refractivity contribution in [2.24, 2.45) is 0 Å². The number of rotatable bonds is 7. The van der Waals surface area contributed by atoms with Gasteiger partial charge < -0.3 is 0 Å². The first-order chi connectivity index (χ1) is 13.3. The minimum atomic E-state index is -4.32. The Morgan fingerprint density at radius 2 is 1.38 bits per heavy atom. The maximum absolute atomic E-state index is 11.8. The number of hydrogen-bond acceptors (Lipinski definition) is 8. The van der Waals surface area contributed by atoms with Gasteiger partial charge in [0.05, 0.1) is 41.7 Å². The van der Waals surface area contributed by atoms with Gasteiger partial charge in [-0.15, -0.1) is 0 Å². The fourth-order valence-corrected chi connectivity index (χ4v) is 5.05. The fraction of sp³-hybridized carbons (Fsp3) is 0.0667. The smallest absolute Gasteiger partial charge is 0.258 e. The number of benzene rings is 2. The Balaban J connectivity index is 2.59. The Morgan fingerprint density at radius 3 is 1.86 bits per heavy atom. The summed E-state index contributed by atoms with van der Waals surface area (Å²) in [7, 11) is -2.51. The fourth-order valence-electron chi connectivity index (χ4n) is 2.34. The first-order valence-electron chi connectivity index (χ1n) is 7.39. The maximum atomic E-state index is 11.8. The molecule has 0 radical (unpaired) electrons. The number of nitro groups is 2. The van der Waals surface area contributed by atoms with E-state index in [0.717, 1.165) is 24.3 Å². The molecular formula is C15H10ClIN2O8S2. The number of non-ortho nitro benzene ring substituents is 2. The molecule has 0 spiro atoms. The van der Waals surface area contributed by atoms with Crippen molar-refractivity contribution in [2.75, 3.05) is 0 Å². The summed E-state index contributed by atoms with van der Waals surface area (Å²) in [5.41, 5.74) is -0.355. The summed E-state index contributed by atoms with van der Waals surface area (Å²) in [6.07, 6.45) is 2.61. The summed E-state index contributed by atoms with van der Waals surface area (Å²) in [6, 6.07) is 6.63. The highest BCUT2D eigenvalue weighted by atomic mass is 127. The van der Waals surface area contributed by atoms with Crippen molar-refractivity contribution in [3.8, 4) is 0 Å². The van der Waals surface area contributed by atoms with E-state index in [9.17, 15) is 37.1 Å². The topological polar surface area (TPSA) is 155 Å². The first kappa shape index (κ1) is 23.2. The maximum Gasteiger partial charge on any atom is 0.270 e. The van der Waals surface area contributed by atoms with Crippen molar-refractivity contribution in [2.45, 2.75) is 10.6 Å². The number of hydrogen-bond donors (Lipinski definition) is 0. The molecule has 0 aliphatic rings. The Hall–Kier alpha value is -2.10. The van der Waals surface area contributed by atoms with Gasteiger partial charge in [0.15, 0.2) is 0 Å². The summed E-state index contributed by atoms with van der Waals surface area (Å²) >= 11 is 1.21. The van der Waals surface area contributed by atoms with Crippen LogP contribution in [0.25, 0.3) is 12.2 Å². The SMILES string of the molecule is O=[N+]([O-])c1ccc(/C=C/c2ccc([N+](=O)[O-])cc2S(=O)(=O)Cl)c(CS(=O)(=O)I)c1. The van der Waals surface area contributed by atoms with E-state index >= 15 is 0 Å². The van der Waals surface area contributed by atoms with Gasteiger partial charge >= 0.3 is 0 Å². The van der Waals surface area contributed by atoms with Crippen molar-refractivity contribution in [1.82, 2.24) is 0 Å². The molecule has 0 heterocycles. The highest BCUT2D eigenvalue weighted by Crippen LogP contribution is 2.28. The van der Waals surface area contributed by atoms with Crippen LogP contribution in [0, 0.1) is 20.2 Å². The van der Waals surface area contributed by atoms with Crippen molar-refractivity contribution in [3.05, 3.63) is 73.3 Å². The van der Waals surface area contributed by atoms with Crippen LogP contribution in [-0.4, -0.2) is 26.7 Å². The summed E-state index contributed by atoms with van der Waals surface area (Å²) in [6.45, 7) is 0. The second-order valence-electron chi connectivity index (χ2n) is 5.57. The molecule has 2 aromatic rings. The average molecular weight is 573 g/mol. The third-order valence-corrected chi connectivity index (χ3v) is 6.55. The minimum Gasteiger partial charge on any atom is -0.258 e. The van der Waals surface area contributed by atoms with E-state index in [2.05, 4.69) is 0 Å². The van der Waals surface area contributed by atoms with E-state index in [1.54, 1.807) is 0 Å². The lowest BCUT2D eigenvalue weighted by molar-refractivity contribution is -0.385. The zero-order valence-electron chi connectivity index (χ0n) is 14.1. The molecule has 2 aromatic carbocycles. The van der Waals surface area contributed by atoms with Gasteiger partial charge in [-0.05, 0) is 28.8 Å². The Labute approximate surface area is 181 Å². The highest BCUT2D eigenvalue weighted by Gasteiger charge is 2.19. The summed E-state index contributed by atoms with van der Waals surface area (Å²) in [4.78, 5) is 19.9. The van der Waals surface area contributed by atoms with Crippen LogP contribution in [0.15, 0.2) is 41.3 Å². The Bertz CT molecular complexity index is 1240. The zero-order chi connectivity index (χ0) is 22.0. The predicted molar refractivity (Wildman–Crippen MR) is 115 cm³/mol. The van der Waals surface area contributed by atoms with Gasteiger partial charge in [0.1, 0.15) is 0 Å². The largest absolute Gasteiger partial charge is 0.270 e. The van der Waals surface area contributed by atoms with Crippen molar-refractivity contribution in [1.29, 1.82) is 0 Å². The highest BCUT2D eigenvalue weighted by molar-refractivity contribution is 14.2. The molecule has 0 unspecified atom stereocenters. The molecule has 0 N–H and O–H groups in total. The molecule has 10 nitrogen and oxygen atoms in total. The van der Waals surface area contributed by atoms with Crippen LogP contribution in [0.1, 0.15) is 16.7 Å². The van der Waals surface area contributed by atoms with Gasteiger partial charge in [0.2, 0.25) is 7.01 Å². The van der Waals surface area contributed by atoms with Crippen molar-refractivity contribution >= 4 is 71.5 Å². The second kappa shape index (κ2) is 8.73. The van der Waals surface area contributed by atoms with Gasteiger partial charge in [-0.3, -0.25) is 20.2 Å². The molecule has 0 aromatic heterocycles. The molecule has 0 fully saturated rings. The van der Waals surface area contributed by atoms with Crippen LogP contribution >= 0.6 is 31.9 Å². The van der Waals surface area contributed by atoms with Gasteiger partial charge in [-0.25, -0.2) is 16.8 Å². The lowest BCUT2D eigenvalue weighted by Gasteiger charge is -2.06. The predicted octanol–water partition coefficient (Wildman–Crippen LogP) is 3.87. The molecule has 2 rings (SSSR count). The number of nitrogens with zero attached hydrogens (tertiary/aromatic N) is 2. The summed E-state index contributed by atoms with van der Waals surface area (Å²) in [5.74, 6) is -0.490. The molecular weight excluding hydrogens is 563 g/mol. The zero-order valence-corrected chi connectivity index (χ0v) is 18.6. The van der Waals surface area contributed by atoms with Gasteiger partial charge in [0, 0.05) is 34.9 Å². The third kappa shape index (κ3) is 6.45. The number of halogens is 2. The Kier molecular flexibility index (Phi) is 6.97. The van der Waals surface area contributed by atoms with Crippen LogP contribution in [0.5, 0.6) is 0 Å². The molecule has 29 heavy (non-hydrogen) atoms. The molecule has 0 saturated heterocycles. The molecule has 0 aliphatic heterocycles. The molecule has 154 valence electrons. The molecule has 14 heteroatoms. The number of nitro benzene ring substituents is 2. The van der Waals surface area contributed by atoms with Crippen molar-refractivity contribution < 1.29 is 26.7 Å². The van der Waals surface area contributed by atoms with Crippen LogP contribution < -0.4 is 0 Å². The quantitative estimate of drug-likeness (QED) is 0.159. The van der Waals surface area contributed by atoms with Crippen LogP contribution in [0.2, 0.25) is 0 Å². The molecule has 0 saturated carbocycles. The van der Waals surface area contributed by atoms with E-state index < -0.39 is 42.2 Å². The standard InChI is InChI=1S/C15H10ClIN2O8S2/c16-29(26,27)15-8-14(19(22)23)6-4-11(15)2-1-10-3-5-13(18(20)21)7-12(10)9-28(17,24)25/h1-8H,9H2/b2-1+. The lowest BCUT2D eigenvalue weighted by Crippen LogP contribution is -1.99. The summed E-state index contributed by atoms with van der Waals surface area (Å²) in [5, 5.41) is 21.8. The molecule has 0 atom stereocenters. The minimum absolute atomic E-state index is 0.0206. The summed E-state index contributed by atoms with van der Waals surface area (Å²) < 4.78 is 46.8. The van der Waals surface area contributed by atoms with E-state index in [-0.39, 0.29) is 22.4 Å². The van der Waals surface area contributed by atoms with Gasteiger partial charge in [0.25, 0.3) is 20.4 Å². The first-order valence-corrected chi connectivity index (χ1v) is 13.9. The Morgan fingerprint density at radius 1 is 0.897 bits per heavy atom. The van der Waals surface area contributed by atoms with Crippen LogP contribution in [-0.2, 0) is 21.8 Å². The van der Waals surface area contributed by atoms with E-state index in [1.165, 1.54) is 45.5 Å². The van der Waals surface area contributed by atoms with Crippen LogP contribution in [0.3, 0.4) is 0 Å². The average Bonchev–Trinajstić information content (AvgIpc) is 2.58. The van der Waals surface area contributed by atoms with Crippen LogP contribution in [0.4, 0.5) is 11.4 Å². The van der Waals surface area contributed by atoms with Crippen molar-refractivity contribution in [3.63, 3.8) is 0 Å². The molecule has 0 aliphatic carbocycles.